The Morgan fingerprint density at radius 2 is 1.44 bits per heavy atom. The Labute approximate surface area is 229 Å². The van der Waals surface area contributed by atoms with Crippen molar-refractivity contribution in [3.05, 3.63) is 128 Å². The summed E-state index contributed by atoms with van der Waals surface area (Å²) in [6.45, 7) is -0.486. The number of hydrogen-bond donors (Lipinski definition) is 1. The molecule has 6 nitrogen and oxygen atoms in total. The van der Waals surface area contributed by atoms with E-state index >= 15 is 0 Å². The second kappa shape index (κ2) is 10.4. The van der Waals surface area contributed by atoms with Gasteiger partial charge in [-0.25, -0.2) is 4.98 Å². The maximum absolute atomic E-state index is 13.8. The predicted octanol–water partition coefficient (Wildman–Crippen LogP) is 5.70. The molecule has 1 amide bonds. The van der Waals surface area contributed by atoms with Gasteiger partial charge in [-0.1, -0.05) is 60.7 Å². The van der Waals surface area contributed by atoms with E-state index < -0.39 is 46.6 Å². The Kier molecular flexibility index (Phi) is 7.10. The third kappa shape index (κ3) is 5.41. The highest BCUT2D eigenvalue weighted by molar-refractivity contribution is 5.96. The van der Waals surface area contributed by atoms with E-state index in [1.165, 1.54) is 4.57 Å². The van der Waals surface area contributed by atoms with Gasteiger partial charge in [0.05, 0.1) is 35.0 Å². The lowest BCUT2D eigenvalue weighted by atomic mass is 9.97. The van der Waals surface area contributed by atoms with Crippen LogP contribution in [0.3, 0.4) is 0 Å². The normalized spacial score (nSPS) is 13.8. The molecule has 0 fully saturated rings. The molecule has 0 saturated carbocycles. The number of carbonyl (C=O) groups is 1. The lowest BCUT2D eigenvalue weighted by Gasteiger charge is -2.31. The minimum absolute atomic E-state index is 0.0362. The lowest BCUT2D eigenvalue weighted by Crippen LogP contribution is -2.42. The number of carbonyl (C=O) groups excluding carboxylic acids is 1. The van der Waals surface area contributed by atoms with Crippen molar-refractivity contribution < 1.29 is 31.1 Å². The number of rotatable bonds is 4. The molecule has 1 aliphatic rings. The first kappa shape index (κ1) is 27.9. The summed E-state index contributed by atoms with van der Waals surface area (Å²) in [5.74, 6) is -1.29. The molecule has 2 N–H and O–H groups in total. The fraction of sp³-hybridized carbons (Fsp3) is 0.207. The average Bonchev–Trinajstić information content (AvgIpc) is 2.94. The van der Waals surface area contributed by atoms with Crippen LogP contribution in [0.15, 0.2) is 83.7 Å². The molecule has 3 aromatic carbocycles. The maximum atomic E-state index is 13.8. The van der Waals surface area contributed by atoms with Crippen LogP contribution in [0.2, 0.25) is 0 Å². The molecule has 0 atom stereocenters. The quantitative estimate of drug-likeness (QED) is 0.318. The van der Waals surface area contributed by atoms with Gasteiger partial charge in [0.1, 0.15) is 0 Å². The number of amides is 1. The number of nitrogen functional groups attached to an aromatic ring is 1. The number of aromatic nitrogens is 2. The zero-order valence-electron chi connectivity index (χ0n) is 21.2. The van der Waals surface area contributed by atoms with E-state index in [-0.39, 0.29) is 42.8 Å². The summed E-state index contributed by atoms with van der Waals surface area (Å²) < 4.78 is 81.6. The number of anilines is 1. The van der Waals surface area contributed by atoms with E-state index in [0.717, 1.165) is 16.0 Å². The largest absolute Gasteiger partial charge is 0.417 e. The molecule has 0 radical (unpaired) electrons. The highest BCUT2D eigenvalue weighted by atomic mass is 19.4. The van der Waals surface area contributed by atoms with Gasteiger partial charge in [0, 0.05) is 12.1 Å². The predicted molar refractivity (Wildman–Crippen MR) is 138 cm³/mol. The Hall–Kier alpha value is -4.61. The standard InChI is InChI=1S/C29H22F6N4O2/c30-28(31,32)19-11-12-20(22(15-19)29(33,34)35)25(40)38-14-13-21-23(16-38)37-27(36)39(26(21)41)24(17-7-3-1-4-8-17)18-9-5-2-6-10-18/h1-12,15,24H,13-14,16H2,(H2,36,37). The lowest BCUT2D eigenvalue weighted by molar-refractivity contribution is -0.143. The summed E-state index contributed by atoms with van der Waals surface area (Å²) >= 11 is 0. The number of alkyl halides is 6. The van der Waals surface area contributed by atoms with Crippen LogP contribution < -0.4 is 11.3 Å². The summed E-state index contributed by atoms with van der Waals surface area (Å²) in [7, 11) is 0. The molecule has 1 aromatic heterocycles. The van der Waals surface area contributed by atoms with E-state index in [1.54, 1.807) is 0 Å². The van der Waals surface area contributed by atoms with E-state index in [4.69, 9.17) is 5.73 Å². The summed E-state index contributed by atoms with van der Waals surface area (Å²) in [6.07, 6.45) is -10.3. The molecular weight excluding hydrogens is 550 g/mol. The minimum atomic E-state index is -5.21. The van der Waals surface area contributed by atoms with Gasteiger partial charge in [0.15, 0.2) is 0 Å². The number of nitrogens with zero attached hydrogens (tertiary/aromatic N) is 3. The SMILES string of the molecule is Nc1nc2c(c(=O)n1C(c1ccccc1)c1ccccc1)CCN(C(=O)c1ccc(C(F)(F)F)cc1C(F)(F)F)C2. The first-order valence-corrected chi connectivity index (χ1v) is 12.4. The van der Waals surface area contributed by atoms with Crippen LogP contribution in [-0.4, -0.2) is 26.9 Å². The Morgan fingerprint density at radius 1 is 0.854 bits per heavy atom. The van der Waals surface area contributed by atoms with Crippen molar-refractivity contribution in [3.63, 3.8) is 0 Å². The molecule has 0 saturated heterocycles. The summed E-state index contributed by atoms with van der Waals surface area (Å²) in [4.78, 5) is 32.3. The van der Waals surface area contributed by atoms with Gasteiger partial charge in [0.25, 0.3) is 11.5 Å². The molecule has 2 heterocycles. The van der Waals surface area contributed by atoms with Gasteiger partial charge >= 0.3 is 12.4 Å². The maximum Gasteiger partial charge on any atom is 0.417 e. The van der Waals surface area contributed by atoms with Crippen LogP contribution in [0.1, 0.15) is 49.9 Å². The molecule has 212 valence electrons. The number of halogens is 6. The van der Waals surface area contributed by atoms with Crippen LogP contribution >= 0.6 is 0 Å². The monoisotopic (exact) mass is 572 g/mol. The molecule has 4 aromatic rings. The zero-order chi connectivity index (χ0) is 29.5. The van der Waals surface area contributed by atoms with Gasteiger partial charge in [0.2, 0.25) is 5.95 Å². The molecule has 12 heteroatoms. The van der Waals surface area contributed by atoms with Crippen LogP contribution in [0.25, 0.3) is 0 Å². The van der Waals surface area contributed by atoms with Crippen molar-refractivity contribution in [1.29, 1.82) is 0 Å². The van der Waals surface area contributed by atoms with Crippen molar-refractivity contribution in [2.24, 2.45) is 0 Å². The molecule has 1 aliphatic heterocycles. The fourth-order valence-corrected chi connectivity index (χ4v) is 5.02. The Morgan fingerprint density at radius 3 is 1.98 bits per heavy atom. The van der Waals surface area contributed by atoms with Crippen LogP contribution in [0.4, 0.5) is 32.3 Å². The second-order valence-electron chi connectivity index (χ2n) is 9.53. The molecule has 5 rings (SSSR count). The Bertz CT molecular complexity index is 1610. The molecular formula is C29H22F6N4O2. The van der Waals surface area contributed by atoms with Gasteiger partial charge in [-0.15, -0.1) is 0 Å². The summed E-state index contributed by atoms with van der Waals surface area (Å²) in [5.41, 5.74) is 3.59. The first-order chi connectivity index (χ1) is 19.4. The van der Waals surface area contributed by atoms with Gasteiger partial charge in [-0.2, -0.15) is 26.3 Å². The van der Waals surface area contributed by atoms with Crippen LogP contribution in [-0.2, 0) is 25.3 Å². The molecule has 41 heavy (non-hydrogen) atoms. The van der Waals surface area contributed by atoms with Crippen molar-refractivity contribution in [2.45, 2.75) is 31.4 Å². The number of hydrogen-bond acceptors (Lipinski definition) is 4. The number of nitrogens with two attached hydrogens (primary N) is 1. The van der Waals surface area contributed by atoms with E-state index in [1.807, 2.05) is 60.7 Å². The second-order valence-corrected chi connectivity index (χ2v) is 9.53. The van der Waals surface area contributed by atoms with Crippen molar-refractivity contribution in [3.8, 4) is 0 Å². The van der Waals surface area contributed by atoms with Gasteiger partial charge in [-0.3, -0.25) is 14.2 Å². The van der Waals surface area contributed by atoms with Crippen molar-refractivity contribution >= 4 is 11.9 Å². The van der Waals surface area contributed by atoms with E-state index in [2.05, 4.69) is 4.98 Å². The smallest absolute Gasteiger partial charge is 0.369 e. The van der Waals surface area contributed by atoms with Gasteiger partial charge < -0.3 is 10.6 Å². The highest BCUT2D eigenvalue weighted by Gasteiger charge is 2.40. The first-order valence-electron chi connectivity index (χ1n) is 12.4. The molecule has 0 spiro atoms. The topological polar surface area (TPSA) is 81.2 Å². The fourth-order valence-electron chi connectivity index (χ4n) is 5.02. The minimum Gasteiger partial charge on any atom is -0.369 e. The summed E-state index contributed by atoms with van der Waals surface area (Å²) in [6, 6.07) is 18.5. The average molecular weight is 573 g/mol. The van der Waals surface area contributed by atoms with Crippen molar-refractivity contribution in [2.75, 3.05) is 12.3 Å². The molecule has 0 unspecified atom stereocenters. The third-order valence-corrected chi connectivity index (χ3v) is 6.95. The van der Waals surface area contributed by atoms with Crippen molar-refractivity contribution in [1.82, 2.24) is 14.5 Å². The van der Waals surface area contributed by atoms with Gasteiger partial charge in [-0.05, 0) is 35.7 Å². The molecule has 0 bridgehead atoms. The van der Waals surface area contributed by atoms with Crippen LogP contribution in [0.5, 0.6) is 0 Å². The number of fused-ring (bicyclic) bond motifs is 1. The summed E-state index contributed by atoms with van der Waals surface area (Å²) in [5, 5.41) is 0. The zero-order valence-corrected chi connectivity index (χ0v) is 21.2. The molecule has 0 aliphatic carbocycles. The highest BCUT2D eigenvalue weighted by Crippen LogP contribution is 2.38. The van der Waals surface area contributed by atoms with Crippen LogP contribution in [0, 0.1) is 0 Å². The van der Waals surface area contributed by atoms with E-state index in [0.29, 0.717) is 12.1 Å². The third-order valence-electron chi connectivity index (χ3n) is 6.95. The van der Waals surface area contributed by atoms with E-state index in [9.17, 15) is 35.9 Å². The number of benzene rings is 3. The Balaban J connectivity index is 1.53.